The molecular formula is C26H23NO2S. The molecule has 0 saturated carbocycles. The Morgan fingerprint density at radius 1 is 1.00 bits per heavy atom. The van der Waals surface area contributed by atoms with Crippen molar-refractivity contribution in [1.82, 2.24) is 5.32 Å². The molecule has 0 aliphatic heterocycles. The van der Waals surface area contributed by atoms with Crippen LogP contribution in [0.4, 0.5) is 0 Å². The van der Waals surface area contributed by atoms with Gasteiger partial charge in [-0.15, -0.1) is 11.3 Å². The number of hydrogen-bond acceptors (Lipinski definition) is 3. The van der Waals surface area contributed by atoms with Gasteiger partial charge in [-0.3, -0.25) is 4.79 Å². The maximum atomic E-state index is 13.1. The normalized spacial score (nSPS) is 13.4. The average molecular weight is 414 g/mol. The Morgan fingerprint density at radius 3 is 2.67 bits per heavy atom. The summed E-state index contributed by atoms with van der Waals surface area (Å²) in [4.78, 5) is 15.1. The molecule has 0 unspecified atom stereocenters. The first kappa shape index (κ1) is 18.9. The second-order valence-corrected chi connectivity index (χ2v) is 8.80. The SMILES string of the molecule is COc1ccc2c(c1)-c1sc(C(=O)N[C@H](C)c3cccc4ccccc34)cc1CC2. The summed E-state index contributed by atoms with van der Waals surface area (Å²) in [6.45, 7) is 2.05. The number of nitrogens with one attached hydrogen (secondary N) is 1. The molecule has 150 valence electrons. The lowest BCUT2D eigenvalue weighted by molar-refractivity contribution is 0.0944. The van der Waals surface area contributed by atoms with Gasteiger partial charge in [0, 0.05) is 4.88 Å². The van der Waals surface area contributed by atoms with Crippen LogP contribution < -0.4 is 10.1 Å². The Balaban J connectivity index is 1.43. The number of ether oxygens (including phenoxy) is 1. The van der Waals surface area contributed by atoms with Gasteiger partial charge in [0.05, 0.1) is 18.0 Å². The van der Waals surface area contributed by atoms with Crippen LogP contribution in [0.2, 0.25) is 0 Å². The minimum Gasteiger partial charge on any atom is -0.497 e. The van der Waals surface area contributed by atoms with E-state index in [9.17, 15) is 4.79 Å². The lowest BCUT2D eigenvalue weighted by Gasteiger charge is -2.16. The maximum Gasteiger partial charge on any atom is 0.261 e. The number of methoxy groups -OCH3 is 1. The van der Waals surface area contributed by atoms with Gasteiger partial charge in [-0.25, -0.2) is 0 Å². The quantitative estimate of drug-likeness (QED) is 0.435. The van der Waals surface area contributed by atoms with Crippen molar-refractivity contribution in [2.45, 2.75) is 25.8 Å². The number of thiophene rings is 1. The first-order valence-corrected chi connectivity index (χ1v) is 11.0. The zero-order valence-corrected chi connectivity index (χ0v) is 17.9. The highest BCUT2D eigenvalue weighted by Gasteiger charge is 2.23. The predicted octanol–water partition coefficient (Wildman–Crippen LogP) is 6.17. The molecule has 4 heteroatoms. The van der Waals surface area contributed by atoms with Gasteiger partial charge >= 0.3 is 0 Å². The standard InChI is InChI=1S/C26H23NO2S/c1-16(21-9-5-7-17-6-3-4-8-22(17)21)27-26(28)24-14-19-11-10-18-12-13-20(29-2)15-23(18)25(19)30-24/h3-9,12-16H,10-11H2,1-2H3,(H,27,28)/t16-/m1/s1. The minimum absolute atomic E-state index is 0.0146. The summed E-state index contributed by atoms with van der Waals surface area (Å²) < 4.78 is 5.41. The number of aryl methyl sites for hydroxylation is 2. The highest BCUT2D eigenvalue weighted by atomic mass is 32.1. The second-order valence-electron chi connectivity index (χ2n) is 7.75. The first-order valence-electron chi connectivity index (χ1n) is 10.2. The Labute approximate surface area is 180 Å². The van der Waals surface area contributed by atoms with E-state index >= 15 is 0 Å². The summed E-state index contributed by atoms with van der Waals surface area (Å²) in [6.07, 6.45) is 1.97. The molecular weight excluding hydrogens is 390 g/mol. The molecule has 1 amide bonds. The van der Waals surface area contributed by atoms with E-state index in [0.29, 0.717) is 0 Å². The summed E-state index contributed by atoms with van der Waals surface area (Å²) in [5.41, 5.74) is 4.91. The first-order chi connectivity index (χ1) is 14.6. The minimum atomic E-state index is -0.0740. The zero-order valence-electron chi connectivity index (χ0n) is 17.1. The van der Waals surface area contributed by atoms with E-state index in [0.717, 1.165) is 29.0 Å². The van der Waals surface area contributed by atoms with Gasteiger partial charge in [-0.2, -0.15) is 0 Å². The fraction of sp³-hybridized carbons (Fsp3) is 0.192. The highest BCUT2D eigenvalue weighted by Crippen LogP contribution is 2.41. The third kappa shape index (κ3) is 3.27. The third-order valence-corrected chi connectivity index (χ3v) is 7.10. The van der Waals surface area contributed by atoms with Crippen molar-refractivity contribution in [3.63, 3.8) is 0 Å². The van der Waals surface area contributed by atoms with Crippen LogP contribution in [0.1, 0.15) is 39.3 Å². The third-order valence-electron chi connectivity index (χ3n) is 5.90. The van der Waals surface area contributed by atoms with E-state index in [1.165, 1.54) is 32.3 Å². The van der Waals surface area contributed by atoms with Crippen molar-refractivity contribution < 1.29 is 9.53 Å². The highest BCUT2D eigenvalue weighted by molar-refractivity contribution is 7.17. The van der Waals surface area contributed by atoms with Gasteiger partial charge in [-0.05, 0) is 71.0 Å². The van der Waals surface area contributed by atoms with Crippen LogP contribution in [0.15, 0.2) is 66.7 Å². The van der Waals surface area contributed by atoms with Gasteiger partial charge in [0.25, 0.3) is 5.91 Å². The fourth-order valence-corrected chi connectivity index (χ4v) is 5.47. The van der Waals surface area contributed by atoms with Crippen molar-refractivity contribution in [3.8, 4) is 16.2 Å². The molecule has 0 radical (unpaired) electrons. The number of carbonyl (C=O) groups is 1. The van der Waals surface area contributed by atoms with Crippen LogP contribution in [0.25, 0.3) is 21.2 Å². The molecule has 1 aliphatic carbocycles. The Bertz CT molecular complexity index is 1250. The number of fused-ring (bicyclic) bond motifs is 4. The molecule has 5 rings (SSSR count). The predicted molar refractivity (Wildman–Crippen MR) is 124 cm³/mol. The van der Waals surface area contributed by atoms with Gasteiger partial charge in [0.15, 0.2) is 0 Å². The molecule has 4 aromatic rings. The molecule has 30 heavy (non-hydrogen) atoms. The molecule has 0 bridgehead atoms. The second kappa shape index (κ2) is 7.62. The van der Waals surface area contributed by atoms with Gasteiger partial charge in [0.1, 0.15) is 5.75 Å². The van der Waals surface area contributed by atoms with Crippen LogP contribution in [-0.4, -0.2) is 13.0 Å². The molecule has 1 aliphatic rings. The smallest absolute Gasteiger partial charge is 0.261 e. The summed E-state index contributed by atoms with van der Waals surface area (Å²) >= 11 is 1.58. The average Bonchev–Trinajstić information content (AvgIpc) is 3.23. The molecule has 1 heterocycles. The van der Waals surface area contributed by atoms with Crippen molar-refractivity contribution in [1.29, 1.82) is 0 Å². The van der Waals surface area contributed by atoms with Gasteiger partial charge < -0.3 is 10.1 Å². The van der Waals surface area contributed by atoms with E-state index < -0.39 is 0 Å². The fourth-order valence-electron chi connectivity index (χ4n) is 4.31. The van der Waals surface area contributed by atoms with Crippen LogP contribution >= 0.6 is 11.3 Å². The maximum absolute atomic E-state index is 13.1. The zero-order chi connectivity index (χ0) is 20.7. The largest absolute Gasteiger partial charge is 0.497 e. The number of amides is 1. The van der Waals surface area contributed by atoms with E-state index in [-0.39, 0.29) is 11.9 Å². The van der Waals surface area contributed by atoms with Crippen LogP contribution in [-0.2, 0) is 12.8 Å². The number of benzene rings is 3. The molecule has 0 fully saturated rings. The molecule has 3 aromatic carbocycles. The molecule has 0 saturated heterocycles. The van der Waals surface area contributed by atoms with Gasteiger partial charge in [-0.1, -0.05) is 48.5 Å². The topological polar surface area (TPSA) is 38.3 Å². The van der Waals surface area contributed by atoms with E-state index in [1.54, 1.807) is 18.4 Å². The van der Waals surface area contributed by atoms with E-state index in [2.05, 4.69) is 53.8 Å². The van der Waals surface area contributed by atoms with E-state index in [4.69, 9.17) is 4.74 Å². The Hall–Kier alpha value is -3.11. The number of hydrogen-bond donors (Lipinski definition) is 1. The molecule has 3 nitrogen and oxygen atoms in total. The van der Waals surface area contributed by atoms with Crippen LogP contribution in [0, 0.1) is 0 Å². The van der Waals surface area contributed by atoms with Crippen LogP contribution in [0.3, 0.4) is 0 Å². The van der Waals surface area contributed by atoms with Crippen molar-refractivity contribution in [2.75, 3.05) is 7.11 Å². The van der Waals surface area contributed by atoms with Gasteiger partial charge in [0.2, 0.25) is 0 Å². The molecule has 1 aromatic heterocycles. The van der Waals surface area contributed by atoms with Crippen molar-refractivity contribution >= 4 is 28.0 Å². The Kier molecular flexibility index (Phi) is 4.80. The molecule has 0 spiro atoms. The summed E-state index contributed by atoms with van der Waals surface area (Å²) in [5.74, 6) is 0.838. The Morgan fingerprint density at radius 2 is 1.80 bits per heavy atom. The molecule has 1 N–H and O–H groups in total. The summed E-state index contributed by atoms with van der Waals surface area (Å²) in [6, 6.07) is 22.8. The number of carbonyl (C=O) groups excluding carboxylic acids is 1. The lowest BCUT2D eigenvalue weighted by Crippen LogP contribution is -2.26. The lowest BCUT2D eigenvalue weighted by atomic mass is 9.91. The summed E-state index contributed by atoms with van der Waals surface area (Å²) in [5, 5.41) is 5.58. The van der Waals surface area contributed by atoms with Crippen molar-refractivity contribution in [3.05, 3.63) is 88.3 Å². The van der Waals surface area contributed by atoms with E-state index in [1.807, 2.05) is 25.1 Å². The molecule has 1 atom stereocenters. The monoisotopic (exact) mass is 413 g/mol. The van der Waals surface area contributed by atoms with Crippen LogP contribution in [0.5, 0.6) is 5.75 Å². The summed E-state index contributed by atoms with van der Waals surface area (Å²) in [7, 11) is 1.69. The number of rotatable bonds is 4. The van der Waals surface area contributed by atoms with Crippen molar-refractivity contribution in [2.24, 2.45) is 0 Å².